The van der Waals surface area contributed by atoms with Crippen LogP contribution in [0, 0.1) is 5.92 Å². The molecule has 0 unspecified atom stereocenters. The molecule has 0 spiro atoms. The average molecular weight is 273 g/mol. The molecule has 0 amide bonds. The first kappa shape index (κ1) is 14.3. The Morgan fingerprint density at radius 1 is 1.16 bits per heavy atom. The first-order valence-corrected chi connectivity index (χ1v) is 6.51. The summed E-state index contributed by atoms with van der Waals surface area (Å²) in [5.41, 5.74) is -0.385. The quantitative estimate of drug-likeness (QED) is 0.909. The van der Waals surface area contributed by atoms with Crippen molar-refractivity contribution in [1.29, 1.82) is 0 Å². The molecule has 106 valence electrons. The second-order valence-electron chi connectivity index (χ2n) is 4.86. The monoisotopic (exact) mass is 273 g/mol. The predicted octanol–water partition coefficient (Wildman–Crippen LogP) is 3.22. The van der Waals surface area contributed by atoms with Crippen LogP contribution in [0.5, 0.6) is 0 Å². The van der Waals surface area contributed by atoms with E-state index in [1.807, 2.05) is 0 Å². The van der Waals surface area contributed by atoms with Gasteiger partial charge in [0.05, 0.1) is 12.2 Å². The molecule has 1 heterocycles. The highest BCUT2D eigenvalue weighted by molar-refractivity contribution is 5.28. The molecule has 1 aromatic rings. The summed E-state index contributed by atoms with van der Waals surface area (Å²) in [7, 11) is 0. The molecule has 1 aliphatic heterocycles. The molecular formula is C14H18F3NO. The van der Waals surface area contributed by atoms with Crippen LogP contribution < -0.4 is 5.32 Å². The van der Waals surface area contributed by atoms with Crippen LogP contribution in [-0.2, 0) is 17.5 Å². The lowest BCUT2D eigenvalue weighted by atomic mass is 9.99. The van der Waals surface area contributed by atoms with E-state index in [0.29, 0.717) is 12.5 Å². The minimum absolute atomic E-state index is 0.0274. The van der Waals surface area contributed by atoms with E-state index >= 15 is 0 Å². The number of rotatable bonds is 4. The molecule has 0 aromatic heterocycles. The zero-order valence-corrected chi connectivity index (χ0v) is 10.7. The molecule has 1 N–H and O–H groups in total. The van der Waals surface area contributed by atoms with Gasteiger partial charge in [-0.15, -0.1) is 0 Å². The lowest BCUT2D eigenvalue weighted by Crippen LogP contribution is -2.30. The maximum Gasteiger partial charge on any atom is 0.416 e. The first-order chi connectivity index (χ1) is 9.07. The van der Waals surface area contributed by atoms with Crippen LogP contribution in [-0.4, -0.2) is 19.7 Å². The van der Waals surface area contributed by atoms with E-state index < -0.39 is 11.7 Å². The number of benzene rings is 1. The highest BCUT2D eigenvalue weighted by atomic mass is 19.4. The summed E-state index contributed by atoms with van der Waals surface area (Å²) in [6.45, 7) is 2.49. The molecule has 0 bridgehead atoms. The van der Waals surface area contributed by atoms with Crippen LogP contribution in [0.25, 0.3) is 0 Å². The van der Waals surface area contributed by atoms with Gasteiger partial charge in [0.1, 0.15) is 0 Å². The largest absolute Gasteiger partial charge is 0.416 e. The lowest BCUT2D eigenvalue weighted by Gasteiger charge is -2.22. The van der Waals surface area contributed by atoms with Gasteiger partial charge in [-0.05, 0) is 43.5 Å². The summed E-state index contributed by atoms with van der Waals surface area (Å²) in [5, 5.41) is 3.25. The minimum atomic E-state index is -4.31. The second-order valence-corrected chi connectivity index (χ2v) is 4.86. The lowest BCUT2D eigenvalue weighted by molar-refractivity contribution is -0.139. The molecular weight excluding hydrogens is 255 g/mol. The number of hydrogen-bond donors (Lipinski definition) is 1. The first-order valence-electron chi connectivity index (χ1n) is 6.51. The molecule has 1 aliphatic rings. The number of nitrogens with one attached hydrogen (secondary N) is 1. The maximum absolute atomic E-state index is 12.8. The van der Waals surface area contributed by atoms with Gasteiger partial charge in [0.15, 0.2) is 0 Å². The number of hydrogen-bond acceptors (Lipinski definition) is 2. The fourth-order valence-corrected chi connectivity index (χ4v) is 2.31. The predicted molar refractivity (Wildman–Crippen MR) is 66.7 cm³/mol. The van der Waals surface area contributed by atoms with Gasteiger partial charge in [-0.1, -0.05) is 18.2 Å². The van der Waals surface area contributed by atoms with E-state index in [9.17, 15) is 13.2 Å². The van der Waals surface area contributed by atoms with Gasteiger partial charge in [0, 0.05) is 6.61 Å². The van der Waals surface area contributed by atoms with E-state index in [4.69, 9.17) is 4.74 Å². The number of halogens is 3. The fourth-order valence-electron chi connectivity index (χ4n) is 2.31. The average Bonchev–Trinajstić information content (AvgIpc) is 2.39. The molecule has 5 heteroatoms. The van der Waals surface area contributed by atoms with Gasteiger partial charge in [-0.3, -0.25) is 0 Å². The summed E-state index contributed by atoms with van der Waals surface area (Å²) in [6, 6.07) is 5.59. The van der Waals surface area contributed by atoms with Crippen LogP contribution >= 0.6 is 0 Å². The molecule has 0 aliphatic carbocycles. The molecule has 1 saturated heterocycles. The van der Waals surface area contributed by atoms with Crippen LogP contribution in [0.4, 0.5) is 13.2 Å². The van der Waals surface area contributed by atoms with Gasteiger partial charge >= 0.3 is 6.18 Å². The van der Waals surface area contributed by atoms with E-state index in [1.165, 1.54) is 12.1 Å². The van der Waals surface area contributed by atoms with Crippen molar-refractivity contribution in [3.63, 3.8) is 0 Å². The Kier molecular flexibility index (Phi) is 4.82. The summed E-state index contributed by atoms with van der Waals surface area (Å²) < 4.78 is 43.8. The Balaban J connectivity index is 1.88. The second kappa shape index (κ2) is 6.39. The zero-order valence-electron chi connectivity index (χ0n) is 10.7. The Morgan fingerprint density at radius 3 is 2.53 bits per heavy atom. The van der Waals surface area contributed by atoms with Crippen molar-refractivity contribution in [2.45, 2.75) is 25.6 Å². The van der Waals surface area contributed by atoms with Crippen molar-refractivity contribution in [2.24, 2.45) is 5.92 Å². The highest BCUT2D eigenvalue weighted by Crippen LogP contribution is 2.32. The SMILES string of the molecule is FC(F)(F)c1ccccc1COCC1CCNCC1. The molecule has 2 rings (SSSR count). The highest BCUT2D eigenvalue weighted by Gasteiger charge is 2.32. The minimum Gasteiger partial charge on any atom is -0.376 e. The van der Waals surface area contributed by atoms with Crippen molar-refractivity contribution in [2.75, 3.05) is 19.7 Å². The smallest absolute Gasteiger partial charge is 0.376 e. The number of piperidine rings is 1. The molecule has 1 fully saturated rings. The van der Waals surface area contributed by atoms with Crippen molar-refractivity contribution in [3.05, 3.63) is 35.4 Å². The third-order valence-electron chi connectivity index (χ3n) is 3.39. The Morgan fingerprint density at radius 2 is 1.84 bits per heavy atom. The molecule has 19 heavy (non-hydrogen) atoms. The van der Waals surface area contributed by atoms with Crippen LogP contribution in [0.1, 0.15) is 24.0 Å². The standard InChI is InChI=1S/C14H18F3NO/c15-14(16,17)13-4-2-1-3-12(13)10-19-9-11-5-7-18-8-6-11/h1-4,11,18H,5-10H2. The number of alkyl halides is 3. The van der Waals surface area contributed by atoms with Crippen molar-refractivity contribution >= 4 is 0 Å². The summed E-state index contributed by atoms with van der Waals surface area (Å²) in [6.07, 6.45) is -2.25. The van der Waals surface area contributed by atoms with Crippen molar-refractivity contribution in [3.8, 4) is 0 Å². The van der Waals surface area contributed by atoms with Crippen molar-refractivity contribution in [1.82, 2.24) is 5.32 Å². The van der Waals surface area contributed by atoms with Gasteiger partial charge < -0.3 is 10.1 Å². The Hall–Kier alpha value is -1.07. The van der Waals surface area contributed by atoms with E-state index in [1.54, 1.807) is 6.07 Å². The summed E-state index contributed by atoms with van der Waals surface area (Å²) >= 11 is 0. The third kappa shape index (κ3) is 4.21. The molecule has 0 atom stereocenters. The summed E-state index contributed by atoms with van der Waals surface area (Å²) in [5.74, 6) is 0.458. The topological polar surface area (TPSA) is 21.3 Å². The number of ether oxygens (including phenoxy) is 1. The van der Waals surface area contributed by atoms with Crippen LogP contribution in [0.3, 0.4) is 0 Å². The molecule has 0 saturated carbocycles. The van der Waals surface area contributed by atoms with E-state index in [2.05, 4.69) is 5.32 Å². The van der Waals surface area contributed by atoms with Gasteiger partial charge in [-0.2, -0.15) is 13.2 Å². The van der Waals surface area contributed by atoms with Gasteiger partial charge in [-0.25, -0.2) is 0 Å². The summed E-state index contributed by atoms with van der Waals surface area (Å²) in [4.78, 5) is 0. The van der Waals surface area contributed by atoms with Crippen molar-refractivity contribution < 1.29 is 17.9 Å². The third-order valence-corrected chi connectivity index (χ3v) is 3.39. The van der Waals surface area contributed by atoms with E-state index in [0.717, 1.165) is 32.0 Å². The fraction of sp³-hybridized carbons (Fsp3) is 0.571. The molecule has 2 nitrogen and oxygen atoms in total. The van der Waals surface area contributed by atoms with Crippen LogP contribution in [0.15, 0.2) is 24.3 Å². The Labute approximate surface area is 111 Å². The van der Waals surface area contributed by atoms with Crippen LogP contribution in [0.2, 0.25) is 0 Å². The molecule has 0 radical (unpaired) electrons. The normalized spacial score (nSPS) is 17.6. The Bertz CT molecular complexity index is 400. The zero-order chi connectivity index (χ0) is 13.7. The van der Waals surface area contributed by atoms with Gasteiger partial charge in [0.25, 0.3) is 0 Å². The maximum atomic E-state index is 12.8. The molecule has 1 aromatic carbocycles. The van der Waals surface area contributed by atoms with E-state index in [-0.39, 0.29) is 12.2 Å². The van der Waals surface area contributed by atoms with Gasteiger partial charge in [0.2, 0.25) is 0 Å².